The molecule has 3 aromatic carbocycles. The van der Waals surface area contributed by atoms with Gasteiger partial charge < -0.3 is 14.5 Å². The van der Waals surface area contributed by atoms with Gasteiger partial charge in [0, 0.05) is 38.2 Å². The Morgan fingerprint density at radius 2 is 1.59 bits per heavy atom. The van der Waals surface area contributed by atoms with Crippen molar-refractivity contribution in [2.75, 3.05) is 38.2 Å². The van der Waals surface area contributed by atoms with Crippen LogP contribution in [0.4, 0.5) is 5.82 Å². The summed E-state index contributed by atoms with van der Waals surface area (Å²) in [6.45, 7) is 4.65. The monoisotopic (exact) mass is 518 g/mol. The number of carbonyl (C=O) groups is 1. The molecule has 0 unspecified atom stereocenters. The van der Waals surface area contributed by atoms with Gasteiger partial charge in [-0.2, -0.15) is 5.10 Å². The summed E-state index contributed by atoms with van der Waals surface area (Å²) in [5.74, 6) is 2.38. The lowest BCUT2D eigenvalue weighted by Gasteiger charge is -2.35. The van der Waals surface area contributed by atoms with E-state index in [4.69, 9.17) is 19.8 Å². The van der Waals surface area contributed by atoms with Gasteiger partial charge in [0.2, 0.25) is 0 Å². The minimum Gasteiger partial charge on any atom is -0.497 e. The second-order valence-corrected chi connectivity index (χ2v) is 9.76. The van der Waals surface area contributed by atoms with Crippen LogP contribution in [-0.2, 0) is 6.42 Å². The van der Waals surface area contributed by atoms with Crippen molar-refractivity contribution in [1.82, 2.24) is 24.6 Å². The molecule has 5 aromatic rings. The summed E-state index contributed by atoms with van der Waals surface area (Å²) < 4.78 is 7.10. The first-order valence-electron chi connectivity index (χ1n) is 13.1. The van der Waals surface area contributed by atoms with Crippen molar-refractivity contribution in [3.63, 3.8) is 0 Å². The summed E-state index contributed by atoms with van der Waals surface area (Å²) in [6.07, 6.45) is 2.47. The van der Waals surface area contributed by atoms with Gasteiger partial charge in [-0.15, -0.1) is 0 Å². The van der Waals surface area contributed by atoms with Crippen molar-refractivity contribution in [1.29, 1.82) is 0 Å². The molecule has 0 saturated carbocycles. The third-order valence-electron chi connectivity index (χ3n) is 7.14. The average molecular weight is 519 g/mol. The van der Waals surface area contributed by atoms with E-state index in [1.165, 1.54) is 5.56 Å². The van der Waals surface area contributed by atoms with Gasteiger partial charge >= 0.3 is 0 Å². The smallest absolute Gasteiger partial charge is 0.253 e. The lowest BCUT2D eigenvalue weighted by atomic mass is 10.1. The molecule has 0 radical (unpaired) electrons. The largest absolute Gasteiger partial charge is 0.497 e. The van der Waals surface area contributed by atoms with Gasteiger partial charge in [0.15, 0.2) is 5.65 Å². The third kappa shape index (κ3) is 5.05. The zero-order valence-corrected chi connectivity index (χ0v) is 22.1. The highest BCUT2D eigenvalue weighted by molar-refractivity contribution is 5.94. The Morgan fingerprint density at radius 3 is 2.28 bits per heavy atom. The topological polar surface area (TPSA) is 76.4 Å². The summed E-state index contributed by atoms with van der Waals surface area (Å²) >= 11 is 0. The number of nitrogens with zero attached hydrogens (tertiary/aromatic N) is 6. The molecule has 8 nitrogen and oxygen atoms in total. The molecule has 0 N–H and O–H groups in total. The van der Waals surface area contributed by atoms with Gasteiger partial charge in [0.05, 0.1) is 24.4 Å². The van der Waals surface area contributed by atoms with E-state index in [1.54, 1.807) is 7.11 Å². The van der Waals surface area contributed by atoms with Crippen LogP contribution in [0.15, 0.2) is 85.1 Å². The highest BCUT2D eigenvalue weighted by atomic mass is 16.5. The fourth-order valence-electron chi connectivity index (χ4n) is 4.94. The number of rotatable bonds is 6. The predicted octanol–water partition coefficient (Wildman–Crippen LogP) is 4.69. The standard InChI is InChI=1S/C31H30N6O2/c1-22-8-10-23(11-9-22)20-28-33-29(27-21-32-37(30(27)34-28)25-6-4-3-5-7-25)35-16-18-36(19-17-35)31(38)24-12-14-26(39-2)15-13-24/h3-15,21H,16-20H2,1-2H3. The second-order valence-electron chi connectivity index (χ2n) is 9.76. The molecule has 0 bridgehead atoms. The fraction of sp³-hybridized carbons (Fsp3) is 0.226. The van der Waals surface area contributed by atoms with Crippen molar-refractivity contribution in [3.05, 3.63) is 108 Å². The van der Waals surface area contributed by atoms with Crippen LogP contribution in [0, 0.1) is 6.92 Å². The van der Waals surface area contributed by atoms with E-state index in [-0.39, 0.29) is 5.91 Å². The summed E-state index contributed by atoms with van der Waals surface area (Å²) in [5.41, 5.74) is 4.78. The van der Waals surface area contributed by atoms with Gasteiger partial charge in [-0.3, -0.25) is 4.79 Å². The first kappa shape index (κ1) is 24.6. The number of para-hydroxylation sites is 1. The van der Waals surface area contributed by atoms with Crippen molar-refractivity contribution in [2.24, 2.45) is 0 Å². The number of aromatic nitrogens is 4. The zero-order valence-electron chi connectivity index (χ0n) is 22.1. The quantitative estimate of drug-likeness (QED) is 0.325. The van der Waals surface area contributed by atoms with Crippen molar-refractivity contribution in [3.8, 4) is 11.4 Å². The Morgan fingerprint density at radius 1 is 0.872 bits per heavy atom. The van der Waals surface area contributed by atoms with Crippen LogP contribution in [0.1, 0.15) is 27.3 Å². The Kier molecular flexibility index (Phi) is 6.67. The van der Waals surface area contributed by atoms with Crippen molar-refractivity contribution in [2.45, 2.75) is 13.3 Å². The summed E-state index contributed by atoms with van der Waals surface area (Å²) in [4.78, 5) is 27.3. The van der Waals surface area contributed by atoms with Crippen LogP contribution >= 0.6 is 0 Å². The summed E-state index contributed by atoms with van der Waals surface area (Å²) in [5, 5.41) is 5.59. The lowest BCUT2D eigenvalue weighted by Crippen LogP contribution is -2.49. The van der Waals surface area contributed by atoms with Crippen LogP contribution in [0.3, 0.4) is 0 Å². The van der Waals surface area contributed by atoms with Gasteiger partial charge in [0.1, 0.15) is 17.4 Å². The number of hydrogen-bond acceptors (Lipinski definition) is 6. The number of benzene rings is 3. The number of piperazine rings is 1. The lowest BCUT2D eigenvalue weighted by molar-refractivity contribution is 0.0746. The first-order valence-corrected chi connectivity index (χ1v) is 13.1. The molecule has 0 atom stereocenters. The van der Waals surface area contributed by atoms with Crippen molar-refractivity contribution >= 4 is 22.8 Å². The Bertz CT molecular complexity index is 1590. The van der Waals surface area contributed by atoms with Crippen LogP contribution in [-0.4, -0.2) is 63.8 Å². The van der Waals surface area contributed by atoms with E-state index >= 15 is 0 Å². The minimum atomic E-state index is 0.0297. The number of amides is 1. The van der Waals surface area contributed by atoms with Crippen LogP contribution < -0.4 is 9.64 Å². The number of fused-ring (bicyclic) bond motifs is 1. The highest BCUT2D eigenvalue weighted by Gasteiger charge is 2.26. The van der Waals surface area contributed by atoms with Gasteiger partial charge in [-0.25, -0.2) is 14.6 Å². The number of carbonyl (C=O) groups excluding carboxylic acids is 1. The van der Waals surface area contributed by atoms with Crippen LogP contribution in [0.2, 0.25) is 0 Å². The molecule has 2 aromatic heterocycles. The highest BCUT2D eigenvalue weighted by Crippen LogP contribution is 2.28. The molecule has 1 saturated heterocycles. The number of hydrogen-bond donors (Lipinski definition) is 0. The predicted molar refractivity (Wildman–Crippen MR) is 152 cm³/mol. The van der Waals surface area contributed by atoms with E-state index in [0.29, 0.717) is 38.2 Å². The molecule has 0 aliphatic carbocycles. The summed E-state index contributed by atoms with van der Waals surface area (Å²) in [7, 11) is 1.62. The molecular formula is C31H30N6O2. The maximum absolute atomic E-state index is 13.1. The third-order valence-corrected chi connectivity index (χ3v) is 7.14. The molecule has 3 heterocycles. The molecule has 1 amide bonds. The fourth-order valence-corrected chi connectivity index (χ4v) is 4.94. The van der Waals surface area contributed by atoms with Crippen LogP contribution in [0.5, 0.6) is 5.75 Å². The van der Waals surface area contributed by atoms with E-state index in [2.05, 4.69) is 36.1 Å². The molecular weight excluding hydrogens is 488 g/mol. The summed E-state index contributed by atoms with van der Waals surface area (Å²) in [6, 6.07) is 25.8. The number of ether oxygens (including phenoxy) is 1. The van der Waals surface area contributed by atoms with E-state index in [0.717, 1.165) is 39.7 Å². The minimum absolute atomic E-state index is 0.0297. The van der Waals surface area contributed by atoms with Gasteiger partial charge in [0.25, 0.3) is 5.91 Å². The number of methoxy groups -OCH3 is 1. The number of aryl methyl sites for hydroxylation is 1. The van der Waals surface area contributed by atoms with Crippen LogP contribution in [0.25, 0.3) is 16.7 Å². The molecule has 1 aliphatic heterocycles. The SMILES string of the molecule is COc1ccc(C(=O)N2CCN(c3nc(Cc4ccc(C)cc4)nc4c3cnn4-c3ccccc3)CC2)cc1. The van der Waals surface area contributed by atoms with E-state index in [9.17, 15) is 4.79 Å². The van der Waals surface area contributed by atoms with Gasteiger partial charge in [-0.05, 0) is 48.9 Å². The molecule has 196 valence electrons. The molecule has 8 heteroatoms. The molecule has 1 fully saturated rings. The maximum atomic E-state index is 13.1. The maximum Gasteiger partial charge on any atom is 0.253 e. The van der Waals surface area contributed by atoms with Crippen molar-refractivity contribution < 1.29 is 9.53 Å². The Hall–Kier alpha value is -4.72. The average Bonchev–Trinajstić information content (AvgIpc) is 3.42. The van der Waals surface area contributed by atoms with Gasteiger partial charge in [-0.1, -0.05) is 48.0 Å². The zero-order chi connectivity index (χ0) is 26.8. The molecule has 1 aliphatic rings. The second kappa shape index (κ2) is 10.6. The molecule has 0 spiro atoms. The first-order chi connectivity index (χ1) is 19.1. The Balaban J connectivity index is 1.30. The number of anilines is 1. The van der Waals surface area contributed by atoms with E-state index in [1.807, 2.05) is 70.4 Å². The molecule has 39 heavy (non-hydrogen) atoms. The molecule has 6 rings (SSSR count). The van der Waals surface area contributed by atoms with E-state index < -0.39 is 0 Å². The Labute approximate surface area is 227 Å². The normalized spacial score (nSPS) is 13.6.